The summed E-state index contributed by atoms with van der Waals surface area (Å²) in [4.78, 5) is 12.3. The molecule has 0 radical (unpaired) electrons. The summed E-state index contributed by atoms with van der Waals surface area (Å²) in [6.45, 7) is 9.98. The standard InChI is InChI=1S/C20H30O2/c1-13(2)19(21)22-20(4,17-9-5-14(3)6-10-17)18-12-15-7-8-16(18)11-15/h5,15-18H,1,6-12H2,2-4H3. The van der Waals surface area contributed by atoms with E-state index in [9.17, 15) is 4.79 Å². The number of hydrogen-bond acceptors (Lipinski definition) is 2. The van der Waals surface area contributed by atoms with Crippen LogP contribution in [0.1, 0.15) is 65.7 Å². The van der Waals surface area contributed by atoms with Crippen molar-refractivity contribution in [3.8, 4) is 0 Å². The molecule has 2 fully saturated rings. The average molecular weight is 302 g/mol. The van der Waals surface area contributed by atoms with Crippen molar-refractivity contribution in [2.45, 2.75) is 71.3 Å². The van der Waals surface area contributed by atoms with Crippen LogP contribution < -0.4 is 0 Å². The third-order valence-electron chi connectivity index (χ3n) is 6.58. The molecule has 5 atom stereocenters. The molecule has 2 saturated carbocycles. The van der Waals surface area contributed by atoms with E-state index in [-0.39, 0.29) is 11.6 Å². The molecular weight excluding hydrogens is 272 g/mol. The van der Waals surface area contributed by atoms with Crippen LogP contribution in [0.3, 0.4) is 0 Å². The van der Waals surface area contributed by atoms with Crippen molar-refractivity contribution < 1.29 is 9.53 Å². The maximum absolute atomic E-state index is 12.3. The molecule has 3 rings (SSSR count). The predicted molar refractivity (Wildman–Crippen MR) is 89.3 cm³/mol. The molecule has 2 heteroatoms. The van der Waals surface area contributed by atoms with Gasteiger partial charge in [-0.05, 0) is 71.1 Å². The van der Waals surface area contributed by atoms with Crippen molar-refractivity contribution in [3.63, 3.8) is 0 Å². The zero-order valence-corrected chi connectivity index (χ0v) is 14.4. The highest BCUT2D eigenvalue weighted by Crippen LogP contribution is 2.56. The Morgan fingerprint density at radius 3 is 2.59 bits per heavy atom. The number of carbonyl (C=O) groups excluding carboxylic acids is 1. The van der Waals surface area contributed by atoms with E-state index in [1.54, 1.807) is 6.92 Å². The summed E-state index contributed by atoms with van der Waals surface area (Å²) in [6, 6.07) is 0. The van der Waals surface area contributed by atoms with Crippen LogP contribution in [0, 0.1) is 23.7 Å². The number of carbonyl (C=O) groups is 1. The van der Waals surface area contributed by atoms with Crippen molar-refractivity contribution in [3.05, 3.63) is 23.8 Å². The summed E-state index contributed by atoms with van der Waals surface area (Å²) >= 11 is 0. The molecule has 2 nitrogen and oxygen atoms in total. The molecule has 0 aromatic heterocycles. The third kappa shape index (κ3) is 2.77. The maximum atomic E-state index is 12.3. The summed E-state index contributed by atoms with van der Waals surface area (Å²) in [7, 11) is 0. The molecule has 3 aliphatic rings. The molecular formula is C20H30O2. The molecule has 0 aromatic rings. The first kappa shape index (κ1) is 15.8. The summed E-state index contributed by atoms with van der Waals surface area (Å²) < 4.78 is 6.14. The van der Waals surface area contributed by atoms with Crippen LogP contribution >= 0.6 is 0 Å². The molecule has 5 unspecified atom stereocenters. The van der Waals surface area contributed by atoms with Crippen LogP contribution in [0.25, 0.3) is 0 Å². The number of rotatable bonds is 4. The van der Waals surface area contributed by atoms with Gasteiger partial charge in [-0.25, -0.2) is 4.79 Å². The monoisotopic (exact) mass is 302 g/mol. The van der Waals surface area contributed by atoms with Gasteiger partial charge in [0.25, 0.3) is 0 Å². The Labute approximate surface area is 135 Å². The summed E-state index contributed by atoms with van der Waals surface area (Å²) in [5, 5.41) is 0. The number of allylic oxidation sites excluding steroid dienone is 2. The van der Waals surface area contributed by atoms with E-state index in [0.717, 1.165) is 31.1 Å². The van der Waals surface area contributed by atoms with Crippen LogP contribution in [0.15, 0.2) is 23.8 Å². The lowest BCUT2D eigenvalue weighted by Crippen LogP contribution is -2.49. The zero-order chi connectivity index (χ0) is 15.9. The van der Waals surface area contributed by atoms with Crippen LogP contribution in [0.5, 0.6) is 0 Å². The van der Waals surface area contributed by atoms with Crippen molar-refractivity contribution in [1.82, 2.24) is 0 Å². The van der Waals surface area contributed by atoms with Crippen LogP contribution in [0.2, 0.25) is 0 Å². The molecule has 0 aliphatic heterocycles. The van der Waals surface area contributed by atoms with Gasteiger partial charge >= 0.3 is 5.97 Å². The van der Waals surface area contributed by atoms with Gasteiger partial charge in [-0.15, -0.1) is 0 Å². The summed E-state index contributed by atoms with van der Waals surface area (Å²) in [6.07, 6.45) is 11.0. The number of ether oxygens (including phenoxy) is 1. The highest BCUT2D eigenvalue weighted by Gasteiger charge is 2.53. The first-order valence-corrected chi connectivity index (χ1v) is 8.94. The van der Waals surface area contributed by atoms with Gasteiger partial charge in [-0.2, -0.15) is 0 Å². The highest BCUT2D eigenvalue weighted by molar-refractivity contribution is 5.87. The molecule has 0 spiro atoms. The highest BCUT2D eigenvalue weighted by atomic mass is 16.6. The molecule has 2 bridgehead atoms. The normalized spacial score (nSPS) is 36.6. The Bertz CT molecular complexity index is 504. The maximum Gasteiger partial charge on any atom is 0.333 e. The van der Waals surface area contributed by atoms with E-state index >= 15 is 0 Å². The molecule has 0 aromatic carbocycles. The van der Waals surface area contributed by atoms with Crippen LogP contribution in [-0.4, -0.2) is 11.6 Å². The predicted octanol–water partition coefficient (Wildman–Crippen LogP) is 5.05. The topological polar surface area (TPSA) is 26.3 Å². The Hall–Kier alpha value is -1.05. The summed E-state index contributed by atoms with van der Waals surface area (Å²) in [5.74, 6) is 2.45. The fraction of sp³-hybridized carbons (Fsp3) is 0.750. The lowest BCUT2D eigenvalue weighted by atomic mass is 9.67. The van der Waals surface area contributed by atoms with E-state index in [1.165, 1.54) is 31.3 Å². The SMILES string of the molecule is C=C(C)C(=O)OC(C)(C1CC=C(C)CC1)C1CC2CCC1C2. The lowest BCUT2D eigenvalue weighted by Gasteiger charge is -2.46. The molecule has 0 N–H and O–H groups in total. The van der Waals surface area contributed by atoms with E-state index in [0.29, 0.717) is 17.4 Å². The van der Waals surface area contributed by atoms with Crippen LogP contribution in [0.4, 0.5) is 0 Å². The largest absolute Gasteiger partial charge is 0.455 e. The fourth-order valence-electron chi connectivity index (χ4n) is 5.18. The second-order valence-electron chi connectivity index (χ2n) is 8.16. The quantitative estimate of drug-likeness (QED) is 0.413. The Kier molecular flexibility index (Phi) is 4.22. The second-order valence-corrected chi connectivity index (χ2v) is 8.16. The molecule has 0 amide bonds. The first-order valence-electron chi connectivity index (χ1n) is 8.94. The van der Waals surface area contributed by atoms with Crippen molar-refractivity contribution >= 4 is 5.97 Å². The number of hydrogen-bond donors (Lipinski definition) is 0. The smallest absolute Gasteiger partial charge is 0.333 e. The van der Waals surface area contributed by atoms with Gasteiger partial charge < -0.3 is 4.74 Å². The summed E-state index contributed by atoms with van der Waals surface area (Å²) in [5.41, 5.74) is 1.70. The zero-order valence-electron chi connectivity index (χ0n) is 14.4. The van der Waals surface area contributed by atoms with E-state index in [1.807, 2.05) is 0 Å². The second kappa shape index (κ2) is 5.86. The molecule has 3 aliphatic carbocycles. The van der Waals surface area contributed by atoms with Gasteiger partial charge in [0.05, 0.1) is 0 Å². The minimum atomic E-state index is -0.312. The number of esters is 1. The molecule has 22 heavy (non-hydrogen) atoms. The Morgan fingerprint density at radius 1 is 1.32 bits per heavy atom. The molecule has 0 heterocycles. The lowest BCUT2D eigenvalue weighted by molar-refractivity contribution is -0.171. The van der Waals surface area contributed by atoms with E-state index < -0.39 is 0 Å². The van der Waals surface area contributed by atoms with Gasteiger partial charge in [-0.3, -0.25) is 0 Å². The Morgan fingerprint density at radius 2 is 2.09 bits per heavy atom. The fourth-order valence-corrected chi connectivity index (χ4v) is 5.18. The van der Waals surface area contributed by atoms with Gasteiger partial charge in [0, 0.05) is 17.4 Å². The Balaban J connectivity index is 1.84. The van der Waals surface area contributed by atoms with Crippen molar-refractivity contribution in [2.75, 3.05) is 0 Å². The van der Waals surface area contributed by atoms with Gasteiger partial charge in [0.2, 0.25) is 0 Å². The minimum absolute atomic E-state index is 0.198. The van der Waals surface area contributed by atoms with Crippen LogP contribution in [-0.2, 0) is 9.53 Å². The van der Waals surface area contributed by atoms with Gasteiger partial charge in [-0.1, -0.05) is 24.6 Å². The molecule has 122 valence electrons. The third-order valence-corrected chi connectivity index (χ3v) is 6.58. The van der Waals surface area contributed by atoms with E-state index in [4.69, 9.17) is 4.74 Å². The van der Waals surface area contributed by atoms with Gasteiger partial charge in [0.15, 0.2) is 0 Å². The first-order chi connectivity index (χ1) is 10.4. The molecule has 0 saturated heterocycles. The average Bonchev–Trinajstić information content (AvgIpc) is 3.10. The number of fused-ring (bicyclic) bond motifs is 2. The van der Waals surface area contributed by atoms with Crippen molar-refractivity contribution in [1.29, 1.82) is 0 Å². The van der Waals surface area contributed by atoms with E-state index in [2.05, 4.69) is 26.5 Å². The van der Waals surface area contributed by atoms with Gasteiger partial charge in [0.1, 0.15) is 5.60 Å². The minimum Gasteiger partial charge on any atom is -0.455 e. The van der Waals surface area contributed by atoms with Crippen molar-refractivity contribution in [2.24, 2.45) is 23.7 Å².